The van der Waals surface area contributed by atoms with Gasteiger partial charge in [-0.15, -0.1) is 0 Å². The lowest BCUT2D eigenvalue weighted by Crippen LogP contribution is -2.00. The van der Waals surface area contributed by atoms with Crippen molar-refractivity contribution in [1.29, 1.82) is 0 Å². The lowest BCUT2D eigenvalue weighted by Gasteiger charge is -2.01. The molecule has 110 valence electrons. The van der Waals surface area contributed by atoms with Crippen LogP contribution in [-0.4, -0.2) is 11.5 Å². The monoisotopic (exact) mass is 290 g/mol. The molecule has 0 unspecified atom stereocenters. The molecule has 0 spiro atoms. The average molecular weight is 290 g/mol. The van der Waals surface area contributed by atoms with E-state index in [-0.39, 0.29) is 0 Å². The lowest BCUT2D eigenvalue weighted by molar-refractivity contribution is 0.628. The molecular formula is C19H18N2O. The summed E-state index contributed by atoms with van der Waals surface area (Å²) in [6, 6.07) is 18.6. The minimum absolute atomic E-state index is 0.694. The molecule has 4 aromatic rings. The van der Waals surface area contributed by atoms with Gasteiger partial charge >= 0.3 is 0 Å². The average Bonchev–Trinajstić information content (AvgIpc) is 3.14. The second-order valence-electron chi connectivity index (χ2n) is 5.56. The standard InChI is InChI=1S/C19H18N2O/c20-11-5-8-15-14-7-2-3-9-16(14)21-19(15)18-12-13-6-1-4-10-17(13)22-18/h1-4,6-7,9-10,12,21H,5,8,11,20H2. The molecule has 0 fully saturated rings. The van der Waals surface area contributed by atoms with Crippen LogP contribution in [0.3, 0.4) is 0 Å². The van der Waals surface area contributed by atoms with Gasteiger partial charge in [0.15, 0.2) is 5.76 Å². The molecule has 3 nitrogen and oxygen atoms in total. The molecule has 0 radical (unpaired) electrons. The van der Waals surface area contributed by atoms with Gasteiger partial charge in [0.25, 0.3) is 0 Å². The van der Waals surface area contributed by atoms with Gasteiger partial charge in [-0.25, -0.2) is 0 Å². The molecule has 0 saturated heterocycles. The third-order valence-electron chi connectivity index (χ3n) is 4.12. The molecule has 4 rings (SSSR count). The number of para-hydroxylation sites is 2. The van der Waals surface area contributed by atoms with Crippen LogP contribution in [0.1, 0.15) is 12.0 Å². The molecule has 0 amide bonds. The van der Waals surface area contributed by atoms with Crippen molar-refractivity contribution >= 4 is 21.9 Å². The van der Waals surface area contributed by atoms with E-state index in [1.165, 1.54) is 10.9 Å². The van der Waals surface area contributed by atoms with Gasteiger partial charge in [0.05, 0.1) is 5.69 Å². The number of furan rings is 1. The molecule has 3 heteroatoms. The number of aryl methyl sites for hydroxylation is 1. The highest BCUT2D eigenvalue weighted by atomic mass is 16.3. The number of aromatic amines is 1. The fourth-order valence-electron chi connectivity index (χ4n) is 3.05. The van der Waals surface area contributed by atoms with E-state index in [0.29, 0.717) is 6.54 Å². The topological polar surface area (TPSA) is 54.9 Å². The molecule has 0 saturated carbocycles. The maximum atomic E-state index is 6.04. The summed E-state index contributed by atoms with van der Waals surface area (Å²) in [4.78, 5) is 3.52. The molecule has 0 aliphatic heterocycles. The lowest BCUT2D eigenvalue weighted by atomic mass is 10.0. The summed E-state index contributed by atoms with van der Waals surface area (Å²) < 4.78 is 6.04. The Morgan fingerprint density at radius 2 is 1.82 bits per heavy atom. The molecule has 2 aromatic heterocycles. The van der Waals surface area contributed by atoms with E-state index >= 15 is 0 Å². The summed E-state index contributed by atoms with van der Waals surface area (Å²) in [5.74, 6) is 0.893. The Bertz CT molecular complexity index is 900. The van der Waals surface area contributed by atoms with Gasteiger partial charge in [-0.1, -0.05) is 36.4 Å². The Kier molecular flexibility index (Phi) is 3.20. The number of hydrogen-bond acceptors (Lipinski definition) is 2. The number of H-pyrrole nitrogens is 1. The highest BCUT2D eigenvalue weighted by Gasteiger charge is 2.15. The van der Waals surface area contributed by atoms with Gasteiger partial charge in [-0.05, 0) is 43.1 Å². The highest BCUT2D eigenvalue weighted by molar-refractivity contribution is 5.92. The second kappa shape index (κ2) is 5.35. The molecule has 0 aliphatic rings. The van der Waals surface area contributed by atoms with Crippen molar-refractivity contribution in [1.82, 2.24) is 4.98 Å². The van der Waals surface area contributed by atoms with Crippen LogP contribution < -0.4 is 5.73 Å². The van der Waals surface area contributed by atoms with Crippen LogP contribution in [0.25, 0.3) is 33.3 Å². The van der Waals surface area contributed by atoms with E-state index in [0.717, 1.165) is 40.8 Å². The molecule has 0 atom stereocenters. The highest BCUT2D eigenvalue weighted by Crippen LogP contribution is 2.34. The van der Waals surface area contributed by atoms with Crippen molar-refractivity contribution in [2.24, 2.45) is 5.73 Å². The van der Waals surface area contributed by atoms with Crippen molar-refractivity contribution in [3.8, 4) is 11.5 Å². The van der Waals surface area contributed by atoms with Crippen LogP contribution in [0.4, 0.5) is 0 Å². The van der Waals surface area contributed by atoms with Gasteiger partial charge in [-0.2, -0.15) is 0 Å². The van der Waals surface area contributed by atoms with Crippen molar-refractivity contribution in [2.75, 3.05) is 6.54 Å². The number of rotatable bonds is 4. The molecular weight excluding hydrogens is 272 g/mol. The van der Waals surface area contributed by atoms with Crippen LogP contribution in [0.5, 0.6) is 0 Å². The normalized spacial score (nSPS) is 11.5. The zero-order chi connectivity index (χ0) is 14.9. The molecule has 2 heterocycles. The quantitative estimate of drug-likeness (QED) is 0.582. The number of nitrogens with one attached hydrogen (secondary N) is 1. The zero-order valence-corrected chi connectivity index (χ0v) is 12.3. The molecule has 0 bridgehead atoms. The number of nitrogens with two attached hydrogens (primary N) is 1. The van der Waals surface area contributed by atoms with E-state index in [2.05, 4.69) is 35.3 Å². The van der Waals surface area contributed by atoms with Gasteiger partial charge in [0, 0.05) is 16.3 Å². The van der Waals surface area contributed by atoms with Crippen LogP contribution in [0.15, 0.2) is 59.0 Å². The molecule has 2 aromatic carbocycles. The van der Waals surface area contributed by atoms with Gasteiger partial charge in [0.1, 0.15) is 5.58 Å². The first-order valence-corrected chi connectivity index (χ1v) is 7.65. The first-order valence-electron chi connectivity index (χ1n) is 7.65. The second-order valence-corrected chi connectivity index (χ2v) is 5.56. The van der Waals surface area contributed by atoms with E-state index in [1.54, 1.807) is 0 Å². The fourth-order valence-corrected chi connectivity index (χ4v) is 3.05. The maximum Gasteiger partial charge on any atom is 0.151 e. The van der Waals surface area contributed by atoms with E-state index in [9.17, 15) is 0 Å². The van der Waals surface area contributed by atoms with Crippen molar-refractivity contribution in [2.45, 2.75) is 12.8 Å². The third kappa shape index (κ3) is 2.11. The Balaban J connectivity index is 1.92. The maximum absolute atomic E-state index is 6.04. The van der Waals surface area contributed by atoms with Crippen LogP contribution in [-0.2, 0) is 6.42 Å². The van der Waals surface area contributed by atoms with E-state index < -0.39 is 0 Å². The molecule has 0 aliphatic carbocycles. The summed E-state index contributed by atoms with van der Waals surface area (Å²) >= 11 is 0. The molecule has 22 heavy (non-hydrogen) atoms. The van der Waals surface area contributed by atoms with Crippen LogP contribution in [0.2, 0.25) is 0 Å². The van der Waals surface area contributed by atoms with Crippen molar-refractivity contribution < 1.29 is 4.42 Å². The summed E-state index contributed by atoms with van der Waals surface area (Å²) in [6.45, 7) is 0.694. The van der Waals surface area contributed by atoms with Crippen LogP contribution in [0, 0.1) is 0 Å². The van der Waals surface area contributed by atoms with E-state index in [1.807, 2.05) is 24.3 Å². The largest absolute Gasteiger partial charge is 0.455 e. The minimum Gasteiger partial charge on any atom is -0.455 e. The summed E-state index contributed by atoms with van der Waals surface area (Å²) in [6.07, 6.45) is 1.92. The van der Waals surface area contributed by atoms with Crippen LogP contribution >= 0.6 is 0 Å². The van der Waals surface area contributed by atoms with Crippen molar-refractivity contribution in [3.05, 3.63) is 60.2 Å². The molecule has 3 N–H and O–H groups in total. The first kappa shape index (κ1) is 13.2. The third-order valence-corrected chi connectivity index (χ3v) is 4.12. The SMILES string of the molecule is NCCCc1c(-c2cc3ccccc3o2)[nH]c2ccccc12. The predicted molar refractivity (Wildman–Crippen MR) is 90.9 cm³/mol. The Morgan fingerprint density at radius 1 is 1.00 bits per heavy atom. The zero-order valence-electron chi connectivity index (χ0n) is 12.3. The Labute approximate surface area is 128 Å². The summed E-state index contributed by atoms with van der Waals surface area (Å²) in [5, 5.41) is 2.38. The smallest absolute Gasteiger partial charge is 0.151 e. The van der Waals surface area contributed by atoms with E-state index in [4.69, 9.17) is 10.2 Å². The first-order chi connectivity index (χ1) is 10.9. The predicted octanol–water partition coefficient (Wildman–Crippen LogP) is 4.47. The number of aromatic nitrogens is 1. The minimum atomic E-state index is 0.694. The number of fused-ring (bicyclic) bond motifs is 2. The number of benzene rings is 2. The van der Waals surface area contributed by atoms with Crippen molar-refractivity contribution in [3.63, 3.8) is 0 Å². The van der Waals surface area contributed by atoms with Gasteiger partial charge in [0.2, 0.25) is 0 Å². The van der Waals surface area contributed by atoms with Gasteiger partial charge in [-0.3, -0.25) is 0 Å². The Morgan fingerprint density at radius 3 is 2.68 bits per heavy atom. The Hall–Kier alpha value is -2.52. The fraction of sp³-hybridized carbons (Fsp3) is 0.158. The van der Waals surface area contributed by atoms with Gasteiger partial charge < -0.3 is 15.1 Å². The summed E-state index contributed by atoms with van der Waals surface area (Å²) in [7, 11) is 0. The summed E-state index contributed by atoms with van der Waals surface area (Å²) in [5.41, 5.74) is 10.1. The number of hydrogen-bond donors (Lipinski definition) is 2.